The number of ether oxygens (including phenoxy) is 1. The van der Waals surface area contributed by atoms with Crippen LogP contribution in [0.25, 0.3) is 16.5 Å². The van der Waals surface area contributed by atoms with Gasteiger partial charge < -0.3 is 9.15 Å². The molecule has 3 aromatic rings. The van der Waals surface area contributed by atoms with Crippen molar-refractivity contribution in [1.82, 2.24) is 4.98 Å². The third-order valence-electron chi connectivity index (χ3n) is 3.84. The van der Waals surface area contributed by atoms with Crippen LogP contribution in [0.1, 0.15) is 30.5 Å². The third kappa shape index (κ3) is 2.58. The van der Waals surface area contributed by atoms with E-state index in [9.17, 15) is 9.18 Å². The van der Waals surface area contributed by atoms with Crippen LogP contribution in [0.15, 0.2) is 46.7 Å². The molecule has 0 aliphatic rings. The quantitative estimate of drug-likeness (QED) is 0.655. The second-order valence-electron chi connectivity index (χ2n) is 5.66. The lowest BCUT2D eigenvalue weighted by atomic mass is 9.90. The standard InChI is InChI=1S/C19H16FNO3/c1-11(2)16(14-5-4-7-21-19(14)24-10-22)17-12(3)9-15(20)13-6-8-23-18(13)17/h4-10H,1-3H3. The molecule has 0 fully saturated rings. The zero-order chi connectivity index (χ0) is 17.3. The number of hydrogen-bond acceptors (Lipinski definition) is 4. The minimum absolute atomic E-state index is 0.201. The van der Waals surface area contributed by atoms with Crippen LogP contribution < -0.4 is 4.74 Å². The second kappa shape index (κ2) is 6.28. The zero-order valence-electron chi connectivity index (χ0n) is 13.6. The Morgan fingerprint density at radius 2 is 2.12 bits per heavy atom. The topological polar surface area (TPSA) is 52.3 Å². The first kappa shape index (κ1) is 15.9. The van der Waals surface area contributed by atoms with E-state index in [4.69, 9.17) is 9.15 Å². The summed E-state index contributed by atoms with van der Waals surface area (Å²) >= 11 is 0. The molecule has 0 spiro atoms. The average Bonchev–Trinajstić information content (AvgIpc) is 3.02. The monoisotopic (exact) mass is 325 g/mol. The van der Waals surface area contributed by atoms with Gasteiger partial charge in [0.2, 0.25) is 5.88 Å². The van der Waals surface area contributed by atoms with Crippen molar-refractivity contribution in [3.8, 4) is 5.88 Å². The van der Waals surface area contributed by atoms with Crippen molar-refractivity contribution in [2.45, 2.75) is 20.8 Å². The molecule has 5 heteroatoms. The molecule has 2 aromatic heterocycles. The Balaban J connectivity index is 2.36. The molecule has 0 N–H and O–H groups in total. The Morgan fingerprint density at radius 3 is 2.83 bits per heavy atom. The molecule has 0 radical (unpaired) electrons. The number of carbonyl (C=O) groups is 1. The van der Waals surface area contributed by atoms with E-state index in [0.717, 1.165) is 22.3 Å². The molecule has 0 saturated carbocycles. The maximum absolute atomic E-state index is 14.2. The number of furan rings is 1. The normalized spacial score (nSPS) is 10.7. The molecule has 122 valence electrons. The number of pyridine rings is 1. The van der Waals surface area contributed by atoms with Crippen molar-refractivity contribution in [1.29, 1.82) is 0 Å². The molecular formula is C19H16FNO3. The fourth-order valence-electron chi connectivity index (χ4n) is 2.90. The summed E-state index contributed by atoms with van der Waals surface area (Å²) in [5.41, 5.74) is 4.37. The van der Waals surface area contributed by atoms with Gasteiger partial charge in [-0.3, -0.25) is 4.79 Å². The minimum atomic E-state index is -0.330. The highest BCUT2D eigenvalue weighted by atomic mass is 19.1. The SMILES string of the molecule is CC(C)=C(c1cccnc1OC=O)c1c(C)cc(F)c2ccoc12. The van der Waals surface area contributed by atoms with Crippen molar-refractivity contribution in [2.75, 3.05) is 0 Å². The van der Waals surface area contributed by atoms with Crippen LogP contribution >= 0.6 is 0 Å². The van der Waals surface area contributed by atoms with Gasteiger partial charge in [0.1, 0.15) is 11.4 Å². The van der Waals surface area contributed by atoms with Gasteiger partial charge in [-0.2, -0.15) is 0 Å². The van der Waals surface area contributed by atoms with Gasteiger partial charge in [0, 0.05) is 17.3 Å². The lowest BCUT2D eigenvalue weighted by Crippen LogP contribution is -2.01. The highest BCUT2D eigenvalue weighted by molar-refractivity contribution is 5.98. The fourth-order valence-corrected chi connectivity index (χ4v) is 2.90. The van der Waals surface area contributed by atoms with Crippen molar-refractivity contribution >= 4 is 23.0 Å². The molecule has 24 heavy (non-hydrogen) atoms. The highest BCUT2D eigenvalue weighted by Crippen LogP contribution is 2.38. The van der Waals surface area contributed by atoms with E-state index >= 15 is 0 Å². The molecule has 0 bridgehead atoms. The Morgan fingerprint density at radius 1 is 1.33 bits per heavy atom. The van der Waals surface area contributed by atoms with Crippen LogP contribution in [0.5, 0.6) is 5.88 Å². The number of halogens is 1. The van der Waals surface area contributed by atoms with Crippen LogP contribution in [0.3, 0.4) is 0 Å². The summed E-state index contributed by atoms with van der Waals surface area (Å²) in [4.78, 5) is 14.9. The van der Waals surface area contributed by atoms with Crippen LogP contribution in [-0.2, 0) is 4.79 Å². The zero-order valence-corrected chi connectivity index (χ0v) is 13.6. The first-order valence-electron chi connectivity index (χ1n) is 7.44. The molecule has 0 aliphatic heterocycles. The second-order valence-corrected chi connectivity index (χ2v) is 5.66. The van der Waals surface area contributed by atoms with E-state index in [-0.39, 0.29) is 11.7 Å². The van der Waals surface area contributed by atoms with Gasteiger partial charge in [0.05, 0.1) is 11.6 Å². The van der Waals surface area contributed by atoms with Gasteiger partial charge in [-0.25, -0.2) is 9.37 Å². The minimum Gasteiger partial charge on any atom is -0.464 e. The largest absolute Gasteiger partial charge is 0.464 e. The van der Waals surface area contributed by atoms with Crippen molar-refractivity contribution in [3.63, 3.8) is 0 Å². The summed E-state index contributed by atoms with van der Waals surface area (Å²) in [5.74, 6) is -0.129. The van der Waals surface area contributed by atoms with Gasteiger partial charge in [-0.15, -0.1) is 0 Å². The number of allylic oxidation sites excluding steroid dienone is 1. The molecule has 4 nitrogen and oxygen atoms in total. The van der Waals surface area contributed by atoms with Crippen molar-refractivity contribution in [2.24, 2.45) is 0 Å². The maximum atomic E-state index is 14.2. The molecule has 0 unspecified atom stereocenters. The van der Waals surface area contributed by atoms with Crippen molar-refractivity contribution in [3.05, 3.63) is 64.8 Å². The van der Waals surface area contributed by atoms with E-state index < -0.39 is 0 Å². The number of hydrogen-bond donors (Lipinski definition) is 0. The smallest absolute Gasteiger partial charge is 0.299 e. The first-order valence-corrected chi connectivity index (χ1v) is 7.44. The fraction of sp³-hybridized carbons (Fsp3) is 0.158. The summed E-state index contributed by atoms with van der Waals surface area (Å²) in [6.07, 6.45) is 3.01. The van der Waals surface area contributed by atoms with Gasteiger partial charge in [0.15, 0.2) is 0 Å². The predicted molar refractivity (Wildman–Crippen MR) is 89.2 cm³/mol. The maximum Gasteiger partial charge on any atom is 0.299 e. The molecular weight excluding hydrogens is 309 g/mol. The van der Waals surface area contributed by atoms with Crippen LogP contribution in [-0.4, -0.2) is 11.5 Å². The number of benzene rings is 1. The van der Waals surface area contributed by atoms with Gasteiger partial charge in [-0.1, -0.05) is 5.57 Å². The van der Waals surface area contributed by atoms with Crippen LogP contribution in [0.2, 0.25) is 0 Å². The Hall–Kier alpha value is -2.95. The summed E-state index contributed by atoms with van der Waals surface area (Å²) in [7, 11) is 0. The number of aromatic nitrogens is 1. The number of aryl methyl sites for hydroxylation is 1. The molecule has 0 aliphatic carbocycles. The van der Waals surface area contributed by atoms with E-state index in [1.807, 2.05) is 26.8 Å². The van der Waals surface area contributed by atoms with Crippen LogP contribution in [0.4, 0.5) is 4.39 Å². The van der Waals surface area contributed by atoms with Gasteiger partial charge >= 0.3 is 0 Å². The van der Waals surface area contributed by atoms with Gasteiger partial charge in [-0.05, 0) is 56.2 Å². The summed E-state index contributed by atoms with van der Waals surface area (Å²) in [5, 5.41) is 0.413. The highest BCUT2D eigenvalue weighted by Gasteiger charge is 2.21. The molecule has 0 atom stereocenters. The summed E-state index contributed by atoms with van der Waals surface area (Å²) < 4.78 is 24.7. The number of carbonyl (C=O) groups excluding carboxylic acids is 1. The van der Waals surface area contributed by atoms with Crippen molar-refractivity contribution < 1.29 is 18.3 Å². The first-order chi connectivity index (χ1) is 11.5. The summed E-state index contributed by atoms with van der Waals surface area (Å²) in [6.45, 7) is 6.03. The Bertz CT molecular complexity index is 952. The van der Waals surface area contributed by atoms with Gasteiger partial charge in [0.25, 0.3) is 6.47 Å². The lowest BCUT2D eigenvalue weighted by Gasteiger charge is -2.16. The van der Waals surface area contributed by atoms with E-state index in [2.05, 4.69) is 4.98 Å². The Labute approximate surface area is 138 Å². The average molecular weight is 325 g/mol. The van der Waals surface area contributed by atoms with E-state index in [1.54, 1.807) is 18.3 Å². The number of rotatable bonds is 4. The molecule has 2 heterocycles. The number of fused-ring (bicyclic) bond motifs is 1. The molecule has 0 saturated heterocycles. The lowest BCUT2D eigenvalue weighted by molar-refractivity contribution is -0.120. The van der Waals surface area contributed by atoms with E-state index in [0.29, 0.717) is 23.0 Å². The summed E-state index contributed by atoms with van der Waals surface area (Å²) in [6, 6.07) is 6.65. The predicted octanol–water partition coefficient (Wildman–Crippen LogP) is 4.65. The molecule has 0 amide bonds. The third-order valence-corrected chi connectivity index (χ3v) is 3.84. The Kier molecular flexibility index (Phi) is 4.16. The molecule has 1 aromatic carbocycles. The van der Waals surface area contributed by atoms with Crippen LogP contribution in [0, 0.1) is 12.7 Å². The molecule has 3 rings (SSSR count). The number of nitrogens with zero attached hydrogens (tertiary/aromatic N) is 1. The van der Waals surface area contributed by atoms with E-state index in [1.165, 1.54) is 12.3 Å².